The first-order valence-corrected chi connectivity index (χ1v) is 12.6. The Bertz CT molecular complexity index is 1030. The number of carbonyl (C=O) groups is 2. The molecule has 6 nitrogen and oxygen atoms in total. The van der Waals surface area contributed by atoms with Gasteiger partial charge < -0.3 is 14.5 Å². The molecular weight excluding hydrogens is 434 g/mol. The fourth-order valence-electron chi connectivity index (χ4n) is 4.59. The summed E-state index contributed by atoms with van der Waals surface area (Å²) in [6.07, 6.45) is 2.17. The fourth-order valence-corrected chi connectivity index (χ4v) is 5.55. The Kier molecular flexibility index (Phi) is 6.98. The number of fused-ring (bicyclic) bond motifs is 1. The molecule has 1 fully saturated rings. The molecule has 1 aromatic rings. The lowest BCUT2D eigenvalue weighted by atomic mass is 9.92. The number of ether oxygens (including phenoxy) is 1. The highest BCUT2D eigenvalue weighted by molar-refractivity contribution is 8.16. The Morgan fingerprint density at radius 2 is 1.94 bits per heavy atom. The number of hydrogen-bond donors (Lipinski definition) is 0. The summed E-state index contributed by atoms with van der Waals surface area (Å²) in [5, 5.41) is 2.81. The topological polar surface area (TPSA) is 62.2 Å². The molecule has 0 spiro atoms. The zero-order valence-corrected chi connectivity index (χ0v) is 20.9. The van der Waals surface area contributed by atoms with Gasteiger partial charge in [-0.3, -0.25) is 4.79 Å². The quantitative estimate of drug-likeness (QED) is 0.559. The van der Waals surface area contributed by atoms with Crippen molar-refractivity contribution in [1.29, 1.82) is 0 Å². The first-order valence-electron chi connectivity index (χ1n) is 11.7. The van der Waals surface area contributed by atoms with Gasteiger partial charge in [-0.15, -0.1) is 0 Å². The molecule has 0 aromatic heterocycles. The number of benzene rings is 1. The summed E-state index contributed by atoms with van der Waals surface area (Å²) in [6, 6.07) is 7.80. The molecule has 0 bridgehead atoms. The maximum absolute atomic E-state index is 13.2. The summed E-state index contributed by atoms with van der Waals surface area (Å²) in [5.74, 6) is 0.449. The normalized spacial score (nSPS) is 21.2. The van der Waals surface area contributed by atoms with E-state index >= 15 is 0 Å². The second kappa shape index (κ2) is 9.75. The molecule has 1 amide bonds. The zero-order chi connectivity index (χ0) is 23.7. The van der Waals surface area contributed by atoms with Crippen LogP contribution in [0.2, 0.25) is 0 Å². The lowest BCUT2D eigenvalue weighted by Gasteiger charge is -2.37. The van der Waals surface area contributed by atoms with Crippen LogP contribution in [0.3, 0.4) is 0 Å². The molecular formula is C26H33N3O3S. The number of carbonyl (C=O) groups excluding carboxylic acids is 2. The number of amides is 1. The first-order chi connectivity index (χ1) is 15.7. The molecule has 3 aliphatic heterocycles. The Morgan fingerprint density at radius 1 is 1.21 bits per heavy atom. The SMILES string of the molecule is CC1=C(C(=O)OC(C)C)C(c2cccc(C)c2)N2C(CC(=O)N3CCC(C)CC3)=CSC2=N1. The summed E-state index contributed by atoms with van der Waals surface area (Å²) in [7, 11) is 0. The van der Waals surface area contributed by atoms with E-state index in [1.165, 1.54) is 11.8 Å². The third-order valence-corrected chi connectivity index (χ3v) is 7.28. The molecule has 33 heavy (non-hydrogen) atoms. The summed E-state index contributed by atoms with van der Waals surface area (Å²) < 4.78 is 5.62. The number of piperidine rings is 1. The van der Waals surface area contributed by atoms with E-state index in [0.717, 1.165) is 47.9 Å². The predicted molar refractivity (Wildman–Crippen MR) is 132 cm³/mol. The number of aliphatic imine (C=N–C) groups is 1. The molecule has 3 aliphatic rings. The number of allylic oxidation sites excluding steroid dienone is 1. The smallest absolute Gasteiger partial charge is 0.338 e. The van der Waals surface area contributed by atoms with Crippen LogP contribution in [0.15, 0.2) is 51.6 Å². The van der Waals surface area contributed by atoms with Crippen molar-refractivity contribution in [2.24, 2.45) is 10.9 Å². The molecule has 4 rings (SSSR count). The van der Waals surface area contributed by atoms with Crippen molar-refractivity contribution in [3.05, 3.63) is 57.8 Å². The fraction of sp³-hybridized carbons (Fsp3) is 0.500. The standard InChI is InChI=1S/C26H33N3O3S/c1-16(2)32-25(31)23-19(5)27-26-29(24(23)20-8-6-7-18(4)13-20)21(15-33-26)14-22(30)28-11-9-17(3)10-12-28/h6-8,13,15-17,24H,9-12,14H2,1-5H3. The highest BCUT2D eigenvalue weighted by Gasteiger charge is 2.41. The number of aryl methyl sites for hydroxylation is 1. The van der Waals surface area contributed by atoms with Gasteiger partial charge in [0.2, 0.25) is 5.91 Å². The van der Waals surface area contributed by atoms with Gasteiger partial charge in [-0.25, -0.2) is 9.79 Å². The number of hydrogen-bond acceptors (Lipinski definition) is 6. The van der Waals surface area contributed by atoms with Crippen LogP contribution in [0.1, 0.15) is 64.1 Å². The van der Waals surface area contributed by atoms with Gasteiger partial charge in [0.1, 0.15) is 0 Å². The molecule has 1 saturated heterocycles. The Labute approximate surface area is 200 Å². The molecule has 7 heteroatoms. The van der Waals surface area contributed by atoms with E-state index < -0.39 is 0 Å². The third kappa shape index (κ3) is 5.03. The van der Waals surface area contributed by atoms with E-state index in [1.54, 1.807) is 0 Å². The number of thioether (sulfide) groups is 1. The van der Waals surface area contributed by atoms with E-state index in [0.29, 0.717) is 23.6 Å². The largest absolute Gasteiger partial charge is 0.459 e. The van der Waals surface area contributed by atoms with E-state index in [1.807, 2.05) is 56.2 Å². The van der Waals surface area contributed by atoms with Gasteiger partial charge in [0.25, 0.3) is 0 Å². The monoisotopic (exact) mass is 467 g/mol. The van der Waals surface area contributed by atoms with Crippen molar-refractivity contribution in [1.82, 2.24) is 9.80 Å². The number of esters is 1. The van der Waals surface area contributed by atoms with Gasteiger partial charge in [0.15, 0.2) is 5.17 Å². The van der Waals surface area contributed by atoms with E-state index in [9.17, 15) is 9.59 Å². The Balaban J connectivity index is 1.67. The van der Waals surface area contributed by atoms with Crippen molar-refractivity contribution < 1.29 is 14.3 Å². The van der Waals surface area contributed by atoms with E-state index in [-0.39, 0.29) is 24.0 Å². The number of nitrogens with zero attached hydrogens (tertiary/aromatic N) is 3. The van der Waals surface area contributed by atoms with Gasteiger partial charge in [-0.2, -0.15) is 0 Å². The zero-order valence-electron chi connectivity index (χ0n) is 20.1. The molecule has 0 saturated carbocycles. The lowest BCUT2D eigenvalue weighted by Crippen LogP contribution is -2.41. The van der Waals surface area contributed by atoms with Crippen LogP contribution in [0, 0.1) is 12.8 Å². The molecule has 0 aliphatic carbocycles. The molecule has 1 aromatic carbocycles. The van der Waals surface area contributed by atoms with Gasteiger partial charge in [0, 0.05) is 18.8 Å². The highest BCUT2D eigenvalue weighted by atomic mass is 32.2. The van der Waals surface area contributed by atoms with Crippen molar-refractivity contribution in [3.63, 3.8) is 0 Å². The average Bonchev–Trinajstić information content (AvgIpc) is 3.14. The maximum atomic E-state index is 13.2. The Morgan fingerprint density at radius 3 is 2.61 bits per heavy atom. The first kappa shape index (κ1) is 23.6. The van der Waals surface area contributed by atoms with Gasteiger partial charge in [-0.05, 0) is 57.4 Å². The van der Waals surface area contributed by atoms with Crippen molar-refractivity contribution >= 4 is 28.8 Å². The lowest BCUT2D eigenvalue weighted by molar-refractivity contribution is -0.143. The second-order valence-electron chi connectivity index (χ2n) is 9.50. The summed E-state index contributed by atoms with van der Waals surface area (Å²) >= 11 is 1.51. The molecule has 0 radical (unpaired) electrons. The highest BCUT2D eigenvalue weighted by Crippen LogP contribution is 2.45. The number of amidine groups is 1. The minimum absolute atomic E-state index is 0.135. The average molecular weight is 468 g/mol. The van der Waals surface area contributed by atoms with Crippen LogP contribution in [0.5, 0.6) is 0 Å². The molecule has 0 N–H and O–H groups in total. The summed E-state index contributed by atoms with van der Waals surface area (Å²) in [6.45, 7) is 11.5. The third-order valence-electron chi connectivity index (χ3n) is 6.39. The van der Waals surface area contributed by atoms with Crippen molar-refractivity contribution in [2.75, 3.05) is 13.1 Å². The molecule has 176 valence electrons. The van der Waals surface area contributed by atoms with Crippen LogP contribution >= 0.6 is 11.8 Å². The number of likely N-dealkylation sites (tertiary alicyclic amines) is 1. The van der Waals surface area contributed by atoms with E-state index in [2.05, 4.69) is 17.9 Å². The van der Waals surface area contributed by atoms with Crippen LogP contribution in [-0.2, 0) is 14.3 Å². The van der Waals surface area contributed by atoms with Crippen molar-refractivity contribution in [3.8, 4) is 0 Å². The Hall–Kier alpha value is -2.54. The van der Waals surface area contributed by atoms with Crippen LogP contribution in [-0.4, -0.2) is 46.0 Å². The molecule has 1 unspecified atom stereocenters. The summed E-state index contributed by atoms with van der Waals surface area (Å²) in [5.41, 5.74) is 4.19. The maximum Gasteiger partial charge on any atom is 0.338 e. The predicted octanol–water partition coefficient (Wildman–Crippen LogP) is 5.17. The van der Waals surface area contributed by atoms with Gasteiger partial charge >= 0.3 is 5.97 Å². The molecule has 3 heterocycles. The van der Waals surface area contributed by atoms with Gasteiger partial charge in [-0.1, -0.05) is 48.5 Å². The minimum Gasteiger partial charge on any atom is -0.459 e. The van der Waals surface area contributed by atoms with Gasteiger partial charge in [0.05, 0.1) is 29.8 Å². The number of rotatable bonds is 5. The van der Waals surface area contributed by atoms with Crippen LogP contribution in [0.25, 0.3) is 0 Å². The molecule has 1 atom stereocenters. The van der Waals surface area contributed by atoms with Crippen LogP contribution in [0.4, 0.5) is 0 Å². The summed E-state index contributed by atoms with van der Waals surface area (Å²) in [4.78, 5) is 35.1. The van der Waals surface area contributed by atoms with Crippen molar-refractivity contribution in [2.45, 2.75) is 66.0 Å². The van der Waals surface area contributed by atoms with Crippen LogP contribution < -0.4 is 0 Å². The second-order valence-corrected chi connectivity index (χ2v) is 10.3. The van der Waals surface area contributed by atoms with E-state index in [4.69, 9.17) is 9.73 Å². The minimum atomic E-state index is -0.376.